The molecule has 2 saturated heterocycles. The number of aliphatic imine (C=N–C) groups is 1. The maximum atomic E-state index is 5.87. The molecule has 1 N–H and O–H groups in total. The molecule has 7 heteroatoms. The monoisotopic (exact) mass is 531 g/mol. The van der Waals surface area contributed by atoms with E-state index in [0.717, 1.165) is 90.0 Å². The van der Waals surface area contributed by atoms with Crippen molar-refractivity contribution in [3.8, 4) is 5.75 Å². The number of nitrogens with one attached hydrogen (secondary N) is 1. The Kier molecular flexibility index (Phi) is 11.8. The average molecular weight is 531 g/mol. The van der Waals surface area contributed by atoms with E-state index in [9.17, 15) is 0 Å². The normalized spacial score (nSPS) is 20.1. The predicted octanol–water partition coefficient (Wildman–Crippen LogP) is 3.90. The van der Waals surface area contributed by atoms with Crippen molar-refractivity contribution < 1.29 is 14.2 Å². The largest absolute Gasteiger partial charge is 0.497 e. The van der Waals surface area contributed by atoms with E-state index in [1.165, 1.54) is 5.56 Å². The molecule has 2 fully saturated rings. The molecule has 0 aromatic heterocycles. The van der Waals surface area contributed by atoms with Gasteiger partial charge in [-0.25, -0.2) is 0 Å². The van der Waals surface area contributed by atoms with Crippen molar-refractivity contribution in [1.29, 1.82) is 0 Å². The zero-order valence-electron chi connectivity index (χ0n) is 18.5. The van der Waals surface area contributed by atoms with Gasteiger partial charge >= 0.3 is 0 Å². The molecule has 1 aromatic carbocycles. The maximum absolute atomic E-state index is 5.87. The lowest BCUT2D eigenvalue weighted by Gasteiger charge is -2.22. The number of hydrogen-bond donors (Lipinski definition) is 1. The number of hydrogen-bond acceptors (Lipinski definition) is 4. The number of likely N-dealkylation sites (tertiary alicyclic amines) is 1. The molecule has 30 heavy (non-hydrogen) atoms. The molecule has 1 atom stereocenters. The molecule has 0 spiro atoms. The van der Waals surface area contributed by atoms with Crippen LogP contribution in [-0.2, 0) is 9.47 Å². The summed E-state index contributed by atoms with van der Waals surface area (Å²) in [6.45, 7) is 9.31. The second-order valence-electron chi connectivity index (χ2n) is 7.92. The Morgan fingerprint density at radius 3 is 2.67 bits per heavy atom. The third-order valence-corrected chi connectivity index (χ3v) is 5.81. The van der Waals surface area contributed by atoms with Crippen molar-refractivity contribution in [2.45, 2.75) is 38.5 Å². The van der Waals surface area contributed by atoms with Crippen LogP contribution in [-0.4, -0.2) is 70.6 Å². The highest BCUT2D eigenvalue weighted by atomic mass is 127. The highest BCUT2D eigenvalue weighted by molar-refractivity contribution is 14.0. The Morgan fingerprint density at radius 1 is 1.20 bits per heavy atom. The third-order valence-electron chi connectivity index (χ3n) is 5.81. The Hall–Kier alpha value is -1.06. The predicted molar refractivity (Wildman–Crippen MR) is 132 cm³/mol. The fourth-order valence-electron chi connectivity index (χ4n) is 4.04. The van der Waals surface area contributed by atoms with Gasteiger partial charge in [0.2, 0.25) is 0 Å². The summed E-state index contributed by atoms with van der Waals surface area (Å²) in [4.78, 5) is 7.24. The smallest absolute Gasteiger partial charge is 0.193 e. The van der Waals surface area contributed by atoms with Crippen LogP contribution in [0.5, 0.6) is 5.75 Å². The summed E-state index contributed by atoms with van der Waals surface area (Å²) in [5, 5.41) is 3.46. The van der Waals surface area contributed by atoms with Crippen molar-refractivity contribution in [2.24, 2.45) is 10.9 Å². The molecule has 0 amide bonds. The van der Waals surface area contributed by atoms with E-state index in [-0.39, 0.29) is 24.0 Å². The first-order valence-electron chi connectivity index (χ1n) is 11.1. The standard InChI is InChI=1S/C23H37N3O3.HI/c1-3-24-23(25-12-4-14-29-18-19-10-15-28-16-11-19)26-13-9-21(17-26)20-5-7-22(27-2)8-6-20;/h5-8,19,21H,3-4,9-18H2,1-2H3,(H,24,25);1H. The van der Waals surface area contributed by atoms with Gasteiger partial charge in [0, 0.05) is 58.5 Å². The van der Waals surface area contributed by atoms with Crippen molar-refractivity contribution in [3.63, 3.8) is 0 Å². The number of benzene rings is 1. The maximum Gasteiger partial charge on any atom is 0.193 e. The van der Waals surface area contributed by atoms with Crippen molar-refractivity contribution in [3.05, 3.63) is 29.8 Å². The van der Waals surface area contributed by atoms with Crippen LogP contribution in [0.4, 0.5) is 0 Å². The first-order chi connectivity index (χ1) is 14.3. The summed E-state index contributed by atoms with van der Waals surface area (Å²) in [5.41, 5.74) is 1.38. The average Bonchev–Trinajstić information content (AvgIpc) is 3.26. The van der Waals surface area contributed by atoms with Gasteiger partial charge in [-0.05, 0) is 56.2 Å². The molecular formula is C23H38IN3O3. The molecule has 1 unspecified atom stereocenters. The Bertz CT molecular complexity index is 621. The molecule has 3 rings (SSSR count). The van der Waals surface area contributed by atoms with Crippen molar-refractivity contribution in [2.75, 3.05) is 59.7 Å². The lowest BCUT2D eigenvalue weighted by atomic mass is 9.98. The van der Waals surface area contributed by atoms with Gasteiger partial charge in [0.25, 0.3) is 0 Å². The molecule has 0 bridgehead atoms. The van der Waals surface area contributed by atoms with Crippen LogP contribution in [0, 0.1) is 5.92 Å². The van der Waals surface area contributed by atoms with Gasteiger partial charge < -0.3 is 24.4 Å². The molecule has 0 saturated carbocycles. The minimum Gasteiger partial charge on any atom is -0.497 e. The Morgan fingerprint density at radius 2 is 1.97 bits per heavy atom. The van der Waals surface area contributed by atoms with Crippen LogP contribution in [0.25, 0.3) is 0 Å². The van der Waals surface area contributed by atoms with E-state index in [2.05, 4.69) is 41.4 Å². The van der Waals surface area contributed by atoms with Gasteiger partial charge in [0.15, 0.2) is 5.96 Å². The number of ether oxygens (including phenoxy) is 3. The molecule has 6 nitrogen and oxygen atoms in total. The van der Waals surface area contributed by atoms with Gasteiger partial charge in [-0.15, -0.1) is 24.0 Å². The lowest BCUT2D eigenvalue weighted by Crippen LogP contribution is -2.40. The van der Waals surface area contributed by atoms with Crippen molar-refractivity contribution in [1.82, 2.24) is 10.2 Å². The molecule has 2 aliphatic heterocycles. The summed E-state index contributed by atoms with van der Waals surface area (Å²) >= 11 is 0. The van der Waals surface area contributed by atoms with Crippen LogP contribution < -0.4 is 10.1 Å². The SMILES string of the molecule is CCNC(=NCCCOCC1CCOCC1)N1CCC(c2ccc(OC)cc2)C1.I. The van der Waals surface area contributed by atoms with Gasteiger partial charge in [0.05, 0.1) is 7.11 Å². The molecule has 2 aliphatic rings. The minimum absolute atomic E-state index is 0. The lowest BCUT2D eigenvalue weighted by molar-refractivity contribution is 0.0205. The van der Waals surface area contributed by atoms with E-state index in [1.54, 1.807) is 7.11 Å². The highest BCUT2D eigenvalue weighted by Gasteiger charge is 2.26. The van der Waals surface area contributed by atoms with Gasteiger partial charge in [-0.1, -0.05) is 12.1 Å². The third kappa shape index (κ3) is 7.89. The van der Waals surface area contributed by atoms with Crippen LogP contribution in [0.15, 0.2) is 29.3 Å². The first-order valence-corrected chi connectivity index (χ1v) is 11.1. The number of halogens is 1. The first kappa shape index (κ1) is 25.2. The molecular weight excluding hydrogens is 493 g/mol. The van der Waals surface area contributed by atoms with Crippen LogP contribution in [0.2, 0.25) is 0 Å². The number of methoxy groups -OCH3 is 1. The summed E-state index contributed by atoms with van der Waals surface area (Å²) < 4.78 is 16.5. The summed E-state index contributed by atoms with van der Waals surface area (Å²) in [6, 6.07) is 8.48. The Labute approximate surface area is 198 Å². The van der Waals surface area contributed by atoms with E-state index in [0.29, 0.717) is 11.8 Å². The summed E-state index contributed by atoms with van der Waals surface area (Å²) in [5.74, 6) is 3.17. The summed E-state index contributed by atoms with van der Waals surface area (Å²) in [6.07, 6.45) is 4.39. The van der Waals surface area contributed by atoms with Crippen LogP contribution in [0.3, 0.4) is 0 Å². The molecule has 0 aliphatic carbocycles. The Balaban J connectivity index is 0.00000320. The fraction of sp³-hybridized carbons (Fsp3) is 0.696. The van der Waals surface area contributed by atoms with E-state index in [1.807, 2.05) is 0 Å². The molecule has 170 valence electrons. The quantitative estimate of drug-likeness (QED) is 0.227. The topological polar surface area (TPSA) is 55.3 Å². The molecule has 0 radical (unpaired) electrons. The van der Waals surface area contributed by atoms with Crippen molar-refractivity contribution >= 4 is 29.9 Å². The van der Waals surface area contributed by atoms with Crippen LogP contribution in [0.1, 0.15) is 44.1 Å². The van der Waals surface area contributed by atoms with E-state index in [4.69, 9.17) is 19.2 Å². The van der Waals surface area contributed by atoms with Gasteiger partial charge in [-0.2, -0.15) is 0 Å². The second-order valence-corrected chi connectivity index (χ2v) is 7.92. The van der Waals surface area contributed by atoms with Crippen LogP contribution >= 0.6 is 24.0 Å². The summed E-state index contributed by atoms with van der Waals surface area (Å²) in [7, 11) is 1.71. The molecule has 2 heterocycles. The zero-order valence-corrected chi connectivity index (χ0v) is 20.8. The van der Waals surface area contributed by atoms with Gasteiger partial charge in [-0.3, -0.25) is 4.99 Å². The minimum atomic E-state index is 0. The van der Waals surface area contributed by atoms with Gasteiger partial charge in [0.1, 0.15) is 5.75 Å². The zero-order chi connectivity index (χ0) is 20.3. The second kappa shape index (κ2) is 14.1. The number of rotatable bonds is 9. The number of guanidine groups is 1. The number of nitrogens with zero attached hydrogens (tertiary/aromatic N) is 2. The van der Waals surface area contributed by atoms with E-state index >= 15 is 0 Å². The highest BCUT2D eigenvalue weighted by Crippen LogP contribution is 2.28. The van der Waals surface area contributed by atoms with E-state index < -0.39 is 0 Å². The molecule has 1 aromatic rings. The fourth-order valence-corrected chi connectivity index (χ4v) is 4.04.